The van der Waals surface area contributed by atoms with E-state index in [0.717, 1.165) is 10.4 Å². The molecule has 1 saturated heterocycles. The Hall–Kier alpha value is -2.75. The fourth-order valence-corrected chi connectivity index (χ4v) is 6.30. The summed E-state index contributed by atoms with van der Waals surface area (Å²) in [6.07, 6.45) is 3.35. The molecular weight excluding hydrogens is 444 g/mol. The molecule has 0 spiro atoms. The second kappa shape index (κ2) is 9.40. The zero-order valence-electron chi connectivity index (χ0n) is 18.1. The molecule has 0 atom stereocenters. The summed E-state index contributed by atoms with van der Waals surface area (Å²) < 4.78 is 30.0. The van der Waals surface area contributed by atoms with Crippen molar-refractivity contribution in [3.8, 4) is 0 Å². The first-order chi connectivity index (χ1) is 15.4. The first-order valence-corrected chi connectivity index (χ1v) is 12.8. The summed E-state index contributed by atoms with van der Waals surface area (Å²) in [6.45, 7) is 5.31. The average molecular weight is 471 g/mol. The minimum Gasteiger partial charge on any atom is -0.337 e. The number of nitrogens with zero attached hydrogens (tertiary/aromatic N) is 4. The van der Waals surface area contributed by atoms with E-state index >= 15 is 0 Å². The van der Waals surface area contributed by atoms with Crippen LogP contribution in [0.25, 0.3) is 6.08 Å². The lowest BCUT2D eigenvalue weighted by Gasteiger charge is -2.33. The molecule has 1 fully saturated rings. The summed E-state index contributed by atoms with van der Waals surface area (Å²) in [6, 6.07) is 13.7. The van der Waals surface area contributed by atoms with Crippen LogP contribution in [0.2, 0.25) is 0 Å². The standard InChI is InChI=1S/C23H26N4O3S2/c1-18-23(19(2)27(24-18)17-20-7-4-3-5-8-20)32(29,30)26-14-12-25(13-15-26)22(28)11-10-21-9-6-16-31-21/h3-11,16H,12-15,17H2,1-2H3/b11-10+. The monoisotopic (exact) mass is 470 g/mol. The van der Waals surface area contributed by atoms with Crippen LogP contribution in [0.15, 0.2) is 58.8 Å². The van der Waals surface area contributed by atoms with Gasteiger partial charge in [0.1, 0.15) is 4.90 Å². The molecule has 1 aromatic carbocycles. The molecule has 0 aliphatic carbocycles. The van der Waals surface area contributed by atoms with Crippen molar-refractivity contribution in [2.24, 2.45) is 0 Å². The Kier molecular flexibility index (Phi) is 6.59. The second-order valence-electron chi connectivity index (χ2n) is 7.72. The third kappa shape index (κ3) is 4.69. The predicted octanol–water partition coefficient (Wildman–Crippen LogP) is 3.16. The van der Waals surface area contributed by atoms with E-state index in [2.05, 4.69) is 5.10 Å². The van der Waals surface area contributed by atoms with Crippen LogP contribution in [0.1, 0.15) is 21.8 Å². The molecule has 1 aliphatic rings. The Morgan fingerprint density at radius 1 is 1.06 bits per heavy atom. The number of benzene rings is 1. The van der Waals surface area contributed by atoms with Crippen LogP contribution in [0, 0.1) is 13.8 Å². The number of amides is 1. The highest BCUT2D eigenvalue weighted by Gasteiger charge is 2.33. The van der Waals surface area contributed by atoms with Gasteiger partial charge in [-0.2, -0.15) is 9.40 Å². The summed E-state index contributed by atoms with van der Waals surface area (Å²) >= 11 is 1.56. The van der Waals surface area contributed by atoms with Crippen molar-refractivity contribution in [3.05, 3.63) is 75.7 Å². The Labute approximate surface area is 192 Å². The zero-order valence-corrected chi connectivity index (χ0v) is 19.8. The molecule has 3 aromatic rings. The molecule has 7 nitrogen and oxygen atoms in total. The molecule has 4 rings (SSSR count). The van der Waals surface area contributed by atoms with Gasteiger partial charge in [0.15, 0.2) is 0 Å². The zero-order chi connectivity index (χ0) is 22.7. The molecule has 3 heterocycles. The summed E-state index contributed by atoms with van der Waals surface area (Å²) in [7, 11) is -3.70. The molecule has 32 heavy (non-hydrogen) atoms. The number of carbonyl (C=O) groups excluding carboxylic acids is 1. The van der Waals surface area contributed by atoms with E-state index in [1.165, 1.54) is 4.31 Å². The lowest BCUT2D eigenvalue weighted by Crippen LogP contribution is -2.50. The van der Waals surface area contributed by atoms with Crippen molar-refractivity contribution >= 4 is 33.3 Å². The van der Waals surface area contributed by atoms with Crippen LogP contribution in [0.5, 0.6) is 0 Å². The van der Waals surface area contributed by atoms with Crippen LogP contribution in [-0.4, -0.2) is 59.5 Å². The molecule has 9 heteroatoms. The predicted molar refractivity (Wildman–Crippen MR) is 126 cm³/mol. The maximum atomic E-state index is 13.4. The molecule has 0 unspecified atom stereocenters. The summed E-state index contributed by atoms with van der Waals surface area (Å²) in [4.78, 5) is 15.4. The Bertz CT molecular complexity index is 1210. The number of carbonyl (C=O) groups is 1. The van der Waals surface area contributed by atoms with Crippen molar-refractivity contribution in [2.45, 2.75) is 25.3 Å². The van der Waals surface area contributed by atoms with E-state index in [9.17, 15) is 13.2 Å². The first-order valence-electron chi connectivity index (χ1n) is 10.4. The fourth-order valence-electron chi connectivity index (χ4n) is 3.89. The highest BCUT2D eigenvalue weighted by Crippen LogP contribution is 2.25. The molecule has 0 saturated carbocycles. The van der Waals surface area contributed by atoms with Gasteiger partial charge in [0.25, 0.3) is 0 Å². The van der Waals surface area contributed by atoms with Crippen molar-refractivity contribution < 1.29 is 13.2 Å². The molecule has 2 aromatic heterocycles. The van der Waals surface area contributed by atoms with E-state index < -0.39 is 10.0 Å². The smallest absolute Gasteiger partial charge is 0.246 e. The highest BCUT2D eigenvalue weighted by molar-refractivity contribution is 7.89. The van der Waals surface area contributed by atoms with Gasteiger partial charge in [0, 0.05) is 37.1 Å². The number of piperazine rings is 1. The number of hydrogen-bond donors (Lipinski definition) is 0. The van der Waals surface area contributed by atoms with Crippen LogP contribution in [0.4, 0.5) is 0 Å². The van der Waals surface area contributed by atoms with E-state index in [-0.39, 0.29) is 23.9 Å². The van der Waals surface area contributed by atoms with Gasteiger partial charge in [-0.3, -0.25) is 9.48 Å². The molecule has 0 bridgehead atoms. The van der Waals surface area contributed by atoms with Gasteiger partial charge >= 0.3 is 0 Å². The number of sulfonamides is 1. The van der Waals surface area contributed by atoms with Crippen molar-refractivity contribution in [1.82, 2.24) is 19.0 Å². The average Bonchev–Trinajstić information content (AvgIpc) is 3.41. The van der Waals surface area contributed by atoms with Gasteiger partial charge in [-0.05, 0) is 36.9 Å². The SMILES string of the molecule is Cc1nn(Cc2ccccc2)c(C)c1S(=O)(=O)N1CCN(C(=O)/C=C/c2cccs2)CC1. The van der Waals surface area contributed by atoms with E-state index in [1.54, 1.807) is 46.9 Å². The minimum atomic E-state index is -3.70. The Morgan fingerprint density at radius 2 is 1.78 bits per heavy atom. The van der Waals surface area contributed by atoms with E-state index in [1.807, 2.05) is 47.8 Å². The van der Waals surface area contributed by atoms with Gasteiger partial charge in [0.05, 0.1) is 17.9 Å². The number of aromatic nitrogens is 2. The van der Waals surface area contributed by atoms with Gasteiger partial charge in [-0.1, -0.05) is 36.4 Å². The number of rotatable bonds is 6. The van der Waals surface area contributed by atoms with Crippen molar-refractivity contribution in [1.29, 1.82) is 0 Å². The summed E-state index contributed by atoms with van der Waals surface area (Å²) in [5, 5.41) is 6.45. The maximum Gasteiger partial charge on any atom is 0.246 e. The molecule has 0 radical (unpaired) electrons. The maximum absolute atomic E-state index is 13.4. The molecule has 1 aliphatic heterocycles. The minimum absolute atomic E-state index is 0.0986. The van der Waals surface area contributed by atoms with Gasteiger partial charge < -0.3 is 4.90 Å². The third-order valence-electron chi connectivity index (χ3n) is 5.57. The lowest BCUT2D eigenvalue weighted by atomic mass is 10.2. The lowest BCUT2D eigenvalue weighted by molar-refractivity contribution is -0.127. The third-order valence-corrected chi connectivity index (χ3v) is 8.56. The number of thiophene rings is 1. The molecule has 1 amide bonds. The topological polar surface area (TPSA) is 75.5 Å². The van der Waals surface area contributed by atoms with Gasteiger partial charge in [0.2, 0.25) is 15.9 Å². The molecular formula is C23H26N4O3S2. The van der Waals surface area contributed by atoms with Gasteiger partial charge in [-0.15, -0.1) is 11.3 Å². The van der Waals surface area contributed by atoms with E-state index in [0.29, 0.717) is 31.0 Å². The van der Waals surface area contributed by atoms with Crippen LogP contribution in [-0.2, 0) is 21.4 Å². The molecule has 168 valence electrons. The Balaban J connectivity index is 1.45. The number of aryl methyl sites for hydroxylation is 1. The summed E-state index contributed by atoms with van der Waals surface area (Å²) in [5.41, 5.74) is 2.18. The molecule has 0 N–H and O–H groups in total. The Morgan fingerprint density at radius 3 is 2.44 bits per heavy atom. The van der Waals surface area contributed by atoms with Crippen LogP contribution < -0.4 is 0 Å². The van der Waals surface area contributed by atoms with Crippen LogP contribution >= 0.6 is 11.3 Å². The largest absolute Gasteiger partial charge is 0.337 e. The quantitative estimate of drug-likeness (QED) is 0.519. The second-order valence-corrected chi connectivity index (χ2v) is 10.6. The van der Waals surface area contributed by atoms with Crippen LogP contribution in [0.3, 0.4) is 0 Å². The van der Waals surface area contributed by atoms with Crippen molar-refractivity contribution in [3.63, 3.8) is 0 Å². The summed E-state index contributed by atoms with van der Waals surface area (Å²) in [5.74, 6) is -0.0986. The number of hydrogen-bond acceptors (Lipinski definition) is 5. The van der Waals surface area contributed by atoms with Crippen molar-refractivity contribution in [2.75, 3.05) is 26.2 Å². The van der Waals surface area contributed by atoms with Gasteiger partial charge in [-0.25, -0.2) is 8.42 Å². The normalized spacial score (nSPS) is 15.5. The highest BCUT2D eigenvalue weighted by atomic mass is 32.2. The first kappa shape index (κ1) is 22.4. The van der Waals surface area contributed by atoms with E-state index in [4.69, 9.17) is 0 Å². The fraction of sp³-hybridized carbons (Fsp3) is 0.304.